The summed E-state index contributed by atoms with van der Waals surface area (Å²) >= 11 is 0. The van der Waals surface area contributed by atoms with Crippen LogP contribution in [-0.2, 0) is 4.74 Å². The van der Waals surface area contributed by atoms with Crippen molar-refractivity contribution in [1.29, 1.82) is 0 Å². The lowest BCUT2D eigenvalue weighted by Gasteiger charge is -2.35. The molecule has 6 nitrogen and oxygen atoms in total. The summed E-state index contributed by atoms with van der Waals surface area (Å²) in [6.45, 7) is 27.5. The molecule has 3 aliphatic heterocycles. The van der Waals surface area contributed by atoms with Gasteiger partial charge in [-0.05, 0) is 64.0 Å². The highest BCUT2D eigenvalue weighted by molar-refractivity contribution is 4.82. The van der Waals surface area contributed by atoms with Gasteiger partial charge < -0.3 is 25.6 Å². The lowest BCUT2D eigenvalue weighted by atomic mass is 10.0. The standard InChI is InChI=1S/C11H24N2.C9H20N2.C8H17NO/c1-10(2)4-5-11(3)13-8-6-12-7-9-13;1-8(2)4-5-11(3)9-6-10-7-9;1-7(2)3-4-10-8-5-9-6-8/h10-12H,4-9H2,1-3H3;8-10H,4-7H2,1-3H3;7-9H,3-6H2,1-2H3. The second-order valence-electron chi connectivity index (χ2n) is 11.9. The molecular formula is C28H61N5O. The maximum Gasteiger partial charge on any atom is 0.0823 e. The minimum Gasteiger partial charge on any atom is -0.376 e. The highest BCUT2D eigenvalue weighted by atomic mass is 16.5. The third-order valence-electron chi connectivity index (χ3n) is 7.17. The summed E-state index contributed by atoms with van der Waals surface area (Å²) in [6.07, 6.45) is 5.76. The highest BCUT2D eigenvalue weighted by Gasteiger charge is 2.20. The number of likely N-dealkylation sites (N-methyl/N-ethyl adjacent to an activating group) is 1. The third kappa shape index (κ3) is 15.7. The largest absolute Gasteiger partial charge is 0.376 e. The second-order valence-corrected chi connectivity index (χ2v) is 11.9. The highest BCUT2D eigenvalue weighted by Crippen LogP contribution is 2.12. The maximum absolute atomic E-state index is 5.53. The SMILES string of the molecule is CC(C)CCC(C)N1CCNCC1.CC(C)CCN(C)C1CNC1.CC(C)CCOC1CNC1. The molecular weight excluding hydrogens is 422 g/mol. The molecule has 0 aliphatic carbocycles. The van der Waals surface area contributed by atoms with E-state index in [1.807, 2.05) is 0 Å². The summed E-state index contributed by atoms with van der Waals surface area (Å²) in [4.78, 5) is 5.08. The molecule has 0 spiro atoms. The molecule has 3 N–H and O–H groups in total. The van der Waals surface area contributed by atoms with Crippen molar-refractivity contribution in [2.24, 2.45) is 17.8 Å². The van der Waals surface area contributed by atoms with E-state index in [2.05, 4.69) is 81.3 Å². The van der Waals surface area contributed by atoms with Crippen LogP contribution in [0.25, 0.3) is 0 Å². The van der Waals surface area contributed by atoms with E-state index >= 15 is 0 Å². The van der Waals surface area contributed by atoms with E-state index in [1.54, 1.807) is 0 Å². The van der Waals surface area contributed by atoms with Crippen LogP contribution in [0, 0.1) is 17.8 Å². The molecule has 0 aromatic rings. The molecule has 3 rings (SSSR count). The molecule has 0 amide bonds. The van der Waals surface area contributed by atoms with E-state index in [4.69, 9.17) is 4.74 Å². The van der Waals surface area contributed by atoms with Crippen LogP contribution in [0.1, 0.15) is 74.1 Å². The van der Waals surface area contributed by atoms with Gasteiger partial charge in [-0.3, -0.25) is 4.90 Å². The number of rotatable bonds is 12. The summed E-state index contributed by atoms with van der Waals surface area (Å²) in [6, 6.07) is 1.60. The molecule has 0 radical (unpaired) electrons. The van der Waals surface area contributed by atoms with E-state index in [9.17, 15) is 0 Å². The molecule has 3 aliphatic rings. The van der Waals surface area contributed by atoms with Crippen LogP contribution in [0.3, 0.4) is 0 Å². The van der Waals surface area contributed by atoms with Crippen LogP contribution in [0.5, 0.6) is 0 Å². The number of nitrogens with zero attached hydrogens (tertiary/aromatic N) is 2. The molecule has 204 valence electrons. The normalized spacial score (nSPS) is 20.5. The number of ether oxygens (including phenoxy) is 1. The molecule has 1 unspecified atom stereocenters. The van der Waals surface area contributed by atoms with E-state index < -0.39 is 0 Å². The molecule has 3 saturated heterocycles. The Balaban J connectivity index is 0.000000257. The quantitative estimate of drug-likeness (QED) is 0.394. The fourth-order valence-electron chi connectivity index (χ4n) is 3.96. The van der Waals surface area contributed by atoms with Gasteiger partial charge in [0.05, 0.1) is 6.10 Å². The Kier molecular flexibility index (Phi) is 17.7. The van der Waals surface area contributed by atoms with Gasteiger partial charge in [-0.15, -0.1) is 0 Å². The van der Waals surface area contributed by atoms with Crippen LogP contribution >= 0.6 is 0 Å². The van der Waals surface area contributed by atoms with Crippen molar-refractivity contribution in [3.05, 3.63) is 0 Å². The van der Waals surface area contributed by atoms with E-state index in [1.165, 1.54) is 71.5 Å². The number of nitrogens with one attached hydrogen (secondary N) is 3. The van der Waals surface area contributed by atoms with Gasteiger partial charge in [0.25, 0.3) is 0 Å². The zero-order valence-electron chi connectivity index (χ0n) is 24.2. The average molecular weight is 484 g/mol. The van der Waals surface area contributed by atoms with Gasteiger partial charge >= 0.3 is 0 Å². The Morgan fingerprint density at radius 1 is 0.735 bits per heavy atom. The molecule has 3 heterocycles. The molecule has 0 bridgehead atoms. The Hall–Kier alpha value is -0.240. The summed E-state index contributed by atoms with van der Waals surface area (Å²) in [7, 11) is 2.23. The first-order valence-electron chi connectivity index (χ1n) is 14.4. The summed E-state index contributed by atoms with van der Waals surface area (Å²) < 4.78 is 5.53. The van der Waals surface area contributed by atoms with Gasteiger partial charge in [-0.1, -0.05) is 41.5 Å². The Morgan fingerprint density at radius 3 is 1.74 bits per heavy atom. The molecule has 34 heavy (non-hydrogen) atoms. The molecule has 0 aromatic carbocycles. The van der Waals surface area contributed by atoms with Crippen molar-refractivity contribution in [2.75, 3.05) is 72.6 Å². The Morgan fingerprint density at radius 2 is 1.29 bits per heavy atom. The minimum absolute atomic E-state index is 0.513. The van der Waals surface area contributed by atoms with Crippen molar-refractivity contribution in [3.63, 3.8) is 0 Å². The van der Waals surface area contributed by atoms with Crippen molar-refractivity contribution in [3.8, 4) is 0 Å². The topological polar surface area (TPSA) is 51.8 Å². The smallest absolute Gasteiger partial charge is 0.0823 e. The van der Waals surface area contributed by atoms with Crippen LogP contribution in [0.15, 0.2) is 0 Å². The Bertz CT molecular complexity index is 460. The van der Waals surface area contributed by atoms with Gasteiger partial charge in [-0.25, -0.2) is 0 Å². The van der Waals surface area contributed by atoms with Gasteiger partial charge in [-0.2, -0.15) is 0 Å². The minimum atomic E-state index is 0.513. The predicted octanol–water partition coefficient (Wildman–Crippen LogP) is 3.67. The van der Waals surface area contributed by atoms with E-state index in [0.29, 0.717) is 6.10 Å². The first kappa shape index (κ1) is 31.8. The maximum atomic E-state index is 5.53. The van der Waals surface area contributed by atoms with Crippen molar-refractivity contribution < 1.29 is 4.74 Å². The second kappa shape index (κ2) is 18.9. The molecule has 0 aromatic heterocycles. The van der Waals surface area contributed by atoms with Crippen LogP contribution < -0.4 is 16.0 Å². The van der Waals surface area contributed by atoms with Crippen molar-refractivity contribution in [1.82, 2.24) is 25.8 Å². The monoisotopic (exact) mass is 483 g/mol. The fraction of sp³-hybridized carbons (Fsp3) is 1.00. The van der Waals surface area contributed by atoms with Crippen LogP contribution in [0.2, 0.25) is 0 Å². The zero-order chi connectivity index (χ0) is 25.3. The van der Waals surface area contributed by atoms with Crippen molar-refractivity contribution in [2.45, 2.75) is 92.3 Å². The Labute approximate surface area is 213 Å². The fourth-order valence-corrected chi connectivity index (χ4v) is 3.96. The number of hydrogen-bond donors (Lipinski definition) is 3. The third-order valence-corrected chi connectivity index (χ3v) is 7.17. The average Bonchev–Trinajstić information content (AvgIpc) is 2.72. The lowest BCUT2D eigenvalue weighted by Crippen LogP contribution is -2.56. The summed E-state index contributed by atoms with van der Waals surface area (Å²) in [5.74, 6) is 2.46. The molecule has 1 atom stereocenters. The van der Waals surface area contributed by atoms with Gasteiger partial charge in [0.1, 0.15) is 0 Å². The van der Waals surface area contributed by atoms with Crippen LogP contribution in [0.4, 0.5) is 0 Å². The predicted molar refractivity (Wildman–Crippen MR) is 149 cm³/mol. The molecule has 0 saturated carbocycles. The van der Waals surface area contributed by atoms with E-state index in [0.717, 1.165) is 49.5 Å². The van der Waals surface area contributed by atoms with Crippen molar-refractivity contribution >= 4 is 0 Å². The number of piperazine rings is 1. The van der Waals surface area contributed by atoms with Gasteiger partial charge in [0, 0.05) is 71.0 Å². The van der Waals surface area contributed by atoms with Crippen LogP contribution in [-0.4, -0.2) is 101 Å². The van der Waals surface area contributed by atoms with Gasteiger partial charge in [0.2, 0.25) is 0 Å². The number of hydrogen-bond acceptors (Lipinski definition) is 6. The van der Waals surface area contributed by atoms with Gasteiger partial charge in [0.15, 0.2) is 0 Å². The zero-order valence-corrected chi connectivity index (χ0v) is 24.2. The summed E-state index contributed by atoms with van der Waals surface area (Å²) in [5, 5.41) is 9.86. The first-order valence-corrected chi connectivity index (χ1v) is 14.4. The molecule has 3 fully saturated rings. The lowest BCUT2D eigenvalue weighted by molar-refractivity contribution is 0.0138. The summed E-state index contributed by atoms with van der Waals surface area (Å²) in [5.41, 5.74) is 0. The van der Waals surface area contributed by atoms with E-state index in [-0.39, 0.29) is 0 Å². The molecule has 6 heteroatoms. The first-order chi connectivity index (χ1) is 16.2.